The highest BCUT2D eigenvalue weighted by Gasteiger charge is 2.29. The molecule has 4 rings (SSSR count). The summed E-state index contributed by atoms with van der Waals surface area (Å²) in [6, 6.07) is 10.8. The zero-order valence-electron chi connectivity index (χ0n) is 14.2. The number of hydrogen-bond acceptors (Lipinski definition) is 2. The SMILES string of the molecule is CC1=Cc2ccc(NC(=O)N3C=CC(=O)CC3c3cccc(F)c3)cc21. The molecule has 0 radical (unpaired) electrons. The molecule has 0 aromatic heterocycles. The maximum Gasteiger partial charge on any atom is 0.326 e. The molecular weight excluding hydrogens is 331 g/mol. The van der Waals surface area contributed by atoms with Crippen molar-refractivity contribution in [2.75, 3.05) is 5.32 Å². The number of carbonyl (C=O) groups excluding carboxylic acids is 2. The van der Waals surface area contributed by atoms with E-state index in [-0.39, 0.29) is 18.2 Å². The Hall–Kier alpha value is -3.21. The molecule has 2 aliphatic rings. The van der Waals surface area contributed by atoms with E-state index in [1.54, 1.807) is 12.1 Å². The van der Waals surface area contributed by atoms with E-state index in [4.69, 9.17) is 0 Å². The van der Waals surface area contributed by atoms with Gasteiger partial charge in [-0.2, -0.15) is 0 Å². The Labute approximate surface area is 150 Å². The van der Waals surface area contributed by atoms with E-state index in [0.29, 0.717) is 11.3 Å². The first-order chi connectivity index (χ1) is 12.5. The van der Waals surface area contributed by atoms with Crippen LogP contribution in [0, 0.1) is 5.82 Å². The van der Waals surface area contributed by atoms with Gasteiger partial charge >= 0.3 is 6.03 Å². The van der Waals surface area contributed by atoms with Crippen LogP contribution < -0.4 is 5.32 Å². The van der Waals surface area contributed by atoms with Gasteiger partial charge in [-0.3, -0.25) is 9.69 Å². The van der Waals surface area contributed by atoms with E-state index in [0.717, 1.165) is 11.1 Å². The Morgan fingerprint density at radius 1 is 1.23 bits per heavy atom. The summed E-state index contributed by atoms with van der Waals surface area (Å²) in [7, 11) is 0. The van der Waals surface area contributed by atoms with Gasteiger partial charge in [0.1, 0.15) is 5.82 Å². The number of anilines is 1. The fourth-order valence-corrected chi connectivity index (χ4v) is 3.35. The molecule has 1 heterocycles. The summed E-state index contributed by atoms with van der Waals surface area (Å²) in [5.74, 6) is -0.486. The van der Waals surface area contributed by atoms with Crippen molar-refractivity contribution in [2.45, 2.75) is 19.4 Å². The minimum Gasteiger partial charge on any atom is -0.308 e. The van der Waals surface area contributed by atoms with Crippen molar-refractivity contribution in [1.82, 2.24) is 4.90 Å². The molecule has 1 N–H and O–H groups in total. The molecule has 0 fully saturated rings. The van der Waals surface area contributed by atoms with Crippen LogP contribution in [0.3, 0.4) is 0 Å². The number of allylic oxidation sites excluding steroid dienone is 2. The molecule has 4 nitrogen and oxygen atoms in total. The number of benzene rings is 2. The molecule has 2 amide bonds. The Kier molecular flexibility index (Phi) is 3.92. The molecule has 1 aliphatic heterocycles. The molecule has 130 valence electrons. The number of hydrogen-bond donors (Lipinski definition) is 1. The standard InChI is InChI=1S/C21H17FN2O2/c1-13-9-14-5-6-17(11-19(13)14)23-21(26)24-8-7-18(25)12-20(24)15-3-2-4-16(22)10-15/h2-11,20H,12H2,1H3,(H,23,26). The number of halogens is 1. The van der Waals surface area contributed by atoms with E-state index in [2.05, 4.69) is 11.4 Å². The van der Waals surface area contributed by atoms with Gasteiger partial charge in [0.25, 0.3) is 0 Å². The van der Waals surface area contributed by atoms with Crippen LogP contribution in [0.1, 0.15) is 36.1 Å². The summed E-state index contributed by atoms with van der Waals surface area (Å²) in [5, 5.41) is 2.87. The maximum absolute atomic E-state index is 13.6. The molecule has 0 saturated carbocycles. The van der Waals surface area contributed by atoms with Crippen molar-refractivity contribution < 1.29 is 14.0 Å². The first kappa shape index (κ1) is 16.3. The lowest BCUT2D eigenvalue weighted by atomic mass is 9.89. The highest BCUT2D eigenvalue weighted by molar-refractivity contribution is 5.99. The van der Waals surface area contributed by atoms with Gasteiger partial charge in [-0.15, -0.1) is 0 Å². The van der Waals surface area contributed by atoms with Gasteiger partial charge in [-0.25, -0.2) is 9.18 Å². The second kappa shape index (κ2) is 6.26. The van der Waals surface area contributed by atoms with Gasteiger partial charge in [0.15, 0.2) is 5.78 Å². The minimum atomic E-state index is -0.531. The zero-order valence-corrected chi connectivity index (χ0v) is 14.2. The van der Waals surface area contributed by atoms with Gasteiger partial charge in [-0.05, 0) is 59.5 Å². The first-order valence-corrected chi connectivity index (χ1v) is 8.40. The van der Waals surface area contributed by atoms with Gasteiger partial charge in [0.05, 0.1) is 6.04 Å². The van der Waals surface area contributed by atoms with Gasteiger partial charge in [-0.1, -0.05) is 24.3 Å². The lowest BCUT2D eigenvalue weighted by Crippen LogP contribution is -2.37. The molecule has 0 bridgehead atoms. The normalized spacial score (nSPS) is 18.1. The number of rotatable bonds is 2. The van der Waals surface area contributed by atoms with Crippen molar-refractivity contribution >= 4 is 29.2 Å². The fraction of sp³-hybridized carbons (Fsp3) is 0.143. The lowest BCUT2D eigenvalue weighted by molar-refractivity contribution is -0.116. The molecule has 2 aromatic carbocycles. The molecule has 26 heavy (non-hydrogen) atoms. The average molecular weight is 348 g/mol. The van der Waals surface area contributed by atoms with E-state index < -0.39 is 11.9 Å². The van der Waals surface area contributed by atoms with Crippen LogP contribution in [-0.2, 0) is 4.79 Å². The number of ketones is 1. The molecular formula is C21H17FN2O2. The second-order valence-corrected chi connectivity index (χ2v) is 6.52. The molecule has 2 aromatic rings. The number of fused-ring (bicyclic) bond motifs is 1. The summed E-state index contributed by atoms with van der Waals surface area (Å²) in [6.07, 6.45) is 5.04. The third kappa shape index (κ3) is 2.92. The van der Waals surface area contributed by atoms with Gasteiger partial charge < -0.3 is 5.32 Å². The van der Waals surface area contributed by atoms with Gasteiger partial charge in [0.2, 0.25) is 0 Å². The molecule has 5 heteroatoms. The maximum atomic E-state index is 13.6. The Morgan fingerprint density at radius 3 is 2.85 bits per heavy atom. The van der Waals surface area contributed by atoms with Gasteiger partial charge in [0, 0.05) is 18.3 Å². The fourth-order valence-electron chi connectivity index (χ4n) is 3.35. The molecule has 1 aliphatic carbocycles. The summed E-state index contributed by atoms with van der Waals surface area (Å²) in [6.45, 7) is 2.02. The predicted octanol–water partition coefficient (Wildman–Crippen LogP) is 4.76. The van der Waals surface area contributed by atoms with Crippen molar-refractivity contribution in [2.24, 2.45) is 0 Å². The van der Waals surface area contributed by atoms with Crippen molar-refractivity contribution in [3.63, 3.8) is 0 Å². The van der Waals surface area contributed by atoms with Crippen LogP contribution in [0.5, 0.6) is 0 Å². The monoisotopic (exact) mass is 348 g/mol. The molecule has 0 spiro atoms. The minimum absolute atomic E-state index is 0.0925. The van der Waals surface area contributed by atoms with Crippen LogP contribution in [0.15, 0.2) is 54.7 Å². The van der Waals surface area contributed by atoms with Crippen molar-refractivity contribution in [3.8, 4) is 0 Å². The van der Waals surface area contributed by atoms with E-state index in [9.17, 15) is 14.0 Å². The number of nitrogens with one attached hydrogen (secondary N) is 1. The third-order valence-corrected chi connectivity index (χ3v) is 4.72. The summed E-state index contributed by atoms with van der Waals surface area (Å²) >= 11 is 0. The second-order valence-electron chi connectivity index (χ2n) is 6.52. The van der Waals surface area contributed by atoms with E-state index >= 15 is 0 Å². The van der Waals surface area contributed by atoms with E-state index in [1.165, 1.54) is 34.9 Å². The number of nitrogens with zero attached hydrogens (tertiary/aromatic N) is 1. The van der Waals surface area contributed by atoms with E-state index in [1.807, 2.05) is 25.1 Å². The largest absolute Gasteiger partial charge is 0.326 e. The number of urea groups is 1. The Bertz CT molecular complexity index is 978. The highest BCUT2D eigenvalue weighted by atomic mass is 19.1. The van der Waals surface area contributed by atoms with Crippen LogP contribution in [0.25, 0.3) is 11.6 Å². The Balaban J connectivity index is 1.59. The number of carbonyl (C=O) groups is 2. The van der Waals surface area contributed by atoms with Crippen LogP contribution in [0.2, 0.25) is 0 Å². The van der Waals surface area contributed by atoms with Crippen LogP contribution in [0.4, 0.5) is 14.9 Å². The summed E-state index contributed by atoms with van der Waals surface area (Å²) < 4.78 is 13.6. The number of amides is 2. The highest BCUT2D eigenvalue weighted by Crippen LogP contribution is 2.34. The first-order valence-electron chi connectivity index (χ1n) is 8.40. The third-order valence-electron chi connectivity index (χ3n) is 4.72. The lowest BCUT2D eigenvalue weighted by Gasteiger charge is -2.31. The average Bonchev–Trinajstić information content (AvgIpc) is 2.62. The quantitative estimate of drug-likeness (QED) is 0.850. The van der Waals surface area contributed by atoms with Crippen molar-refractivity contribution in [3.05, 3.63) is 77.2 Å². The Morgan fingerprint density at radius 2 is 2.08 bits per heavy atom. The smallest absolute Gasteiger partial charge is 0.308 e. The molecule has 0 saturated heterocycles. The van der Waals surface area contributed by atoms with Crippen LogP contribution >= 0.6 is 0 Å². The predicted molar refractivity (Wildman–Crippen MR) is 98.7 cm³/mol. The molecule has 1 unspecified atom stereocenters. The summed E-state index contributed by atoms with van der Waals surface area (Å²) in [5.41, 5.74) is 4.73. The topological polar surface area (TPSA) is 49.4 Å². The molecule has 1 atom stereocenters. The van der Waals surface area contributed by atoms with Crippen molar-refractivity contribution in [1.29, 1.82) is 0 Å². The zero-order chi connectivity index (χ0) is 18.3. The van der Waals surface area contributed by atoms with Crippen LogP contribution in [-0.4, -0.2) is 16.7 Å². The summed E-state index contributed by atoms with van der Waals surface area (Å²) in [4.78, 5) is 26.1.